The van der Waals surface area contributed by atoms with Crippen LogP contribution in [0.4, 0.5) is 5.69 Å². The smallest absolute Gasteiger partial charge is 0.257 e. The van der Waals surface area contributed by atoms with Gasteiger partial charge in [0.2, 0.25) is 0 Å². The van der Waals surface area contributed by atoms with E-state index in [9.17, 15) is 4.79 Å². The van der Waals surface area contributed by atoms with Gasteiger partial charge in [-0.3, -0.25) is 9.78 Å². The summed E-state index contributed by atoms with van der Waals surface area (Å²) >= 11 is 0. The van der Waals surface area contributed by atoms with Gasteiger partial charge in [0.1, 0.15) is 5.75 Å². The minimum atomic E-state index is -0.476. The van der Waals surface area contributed by atoms with Crippen LogP contribution in [-0.4, -0.2) is 80.3 Å². The summed E-state index contributed by atoms with van der Waals surface area (Å²) in [7, 11) is 1.65. The van der Waals surface area contributed by atoms with Crippen molar-refractivity contribution in [1.29, 1.82) is 0 Å². The minimum absolute atomic E-state index is 0.00571. The second-order valence-corrected chi connectivity index (χ2v) is 8.97. The first-order chi connectivity index (χ1) is 15.5. The van der Waals surface area contributed by atoms with Crippen LogP contribution in [-0.2, 0) is 14.2 Å². The molecule has 3 aliphatic rings. The van der Waals surface area contributed by atoms with Gasteiger partial charge in [0.15, 0.2) is 5.79 Å². The second-order valence-electron chi connectivity index (χ2n) is 8.97. The number of benzene rings is 1. The van der Waals surface area contributed by atoms with Crippen LogP contribution >= 0.6 is 0 Å². The molecule has 0 bridgehead atoms. The Kier molecular flexibility index (Phi) is 5.69. The Labute approximate surface area is 188 Å². The van der Waals surface area contributed by atoms with E-state index in [0.717, 1.165) is 48.3 Å². The zero-order valence-electron chi connectivity index (χ0n) is 19.0. The first-order valence-corrected chi connectivity index (χ1v) is 11.4. The number of amides is 1. The molecular formula is C24H31N3O5. The monoisotopic (exact) mass is 441 g/mol. The number of methoxy groups -OCH3 is 1. The number of carbonyl (C=O) groups excluding carboxylic acids is 1. The van der Waals surface area contributed by atoms with Crippen LogP contribution in [0.1, 0.15) is 37.0 Å². The summed E-state index contributed by atoms with van der Waals surface area (Å²) in [5.74, 6) is 0.263. The van der Waals surface area contributed by atoms with Crippen LogP contribution in [0, 0.1) is 0 Å². The van der Waals surface area contributed by atoms with E-state index in [1.807, 2.05) is 36.9 Å². The van der Waals surface area contributed by atoms with Crippen molar-refractivity contribution in [2.75, 3.05) is 51.4 Å². The summed E-state index contributed by atoms with van der Waals surface area (Å²) in [6.07, 6.45) is 3.27. The Bertz CT molecular complexity index is 987. The third-order valence-corrected chi connectivity index (χ3v) is 6.64. The van der Waals surface area contributed by atoms with Crippen molar-refractivity contribution < 1.29 is 23.7 Å². The molecule has 3 aliphatic heterocycles. The third kappa shape index (κ3) is 3.91. The van der Waals surface area contributed by atoms with Gasteiger partial charge in [-0.05, 0) is 32.0 Å². The lowest BCUT2D eigenvalue weighted by molar-refractivity contribution is -0.169. The van der Waals surface area contributed by atoms with Gasteiger partial charge in [-0.2, -0.15) is 0 Å². The number of pyridine rings is 1. The molecule has 0 unspecified atom stereocenters. The molecule has 4 heterocycles. The fourth-order valence-corrected chi connectivity index (χ4v) is 5.15. The molecule has 0 radical (unpaired) electrons. The zero-order chi connectivity index (χ0) is 22.3. The van der Waals surface area contributed by atoms with Gasteiger partial charge >= 0.3 is 0 Å². The van der Waals surface area contributed by atoms with Crippen LogP contribution in [0.5, 0.6) is 5.75 Å². The number of morpholine rings is 1. The summed E-state index contributed by atoms with van der Waals surface area (Å²) in [6.45, 7) is 7.93. The number of fused-ring (bicyclic) bond motifs is 1. The zero-order valence-corrected chi connectivity index (χ0v) is 19.0. The van der Waals surface area contributed by atoms with Gasteiger partial charge in [0.05, 0.1) is 49.3 Å². The molecule has 0 N–H and O–H groups in total. The Morgan fingerprint density at radius 1 is 1.12 bits per heavy atom. The predicted molar refractivity (Wildman–Crippen MR) is 120 cm³/mol. The Hall–Kier alpha value is -2.42. The van der Waals surface area contributed by atoms with E-state index in [4.69, 9.17) is 18.9 Å². The number of hydrogen-bond acceptors (Lipinski definition) is 7. The van der Waals surface area contributed by atoms with E-state index in [-0.39, 0.29) is 18.1 Å². The first-order valence-electron chi connectivity index (χ1n) is 11.4. The maximum absolute atomic E-state index is 13.7. The molecule has 8 heteroatoms. The lowest BCUT2D eigenvalue weighted by Gasteiger charge is -2.40. The molecule has 32 heavy (non-hydrogen) atoms. The maximum atomic E-state index is 13.7. The van der Waals surface area contributed by atoms with Crippen molar-refractivity contribution >= 4 is 22.5 Å². The number of anilines is 1. The maximum Gasteiger partial charge on any atom is 0.257 e. The lowest BCUT2D eigenvalue weighted by Crippen LogP contribution is -2.49. The Morgan fingerprint density at radius 2 is 1.81 bits per heavy atom. The largest absolute Gasteiger partial charge is 0.497 e. The molecule has 2 atom stereocenters. The quantitative estimate of drug-likeness (QED) is 0.725. The van der Waals surface area contributed by atoms with E-state index in [1.54, 1.807) is 13.3 Å². The van der Waals surface area contributed by atoms with E-state index in [2.05, 4.69) is 9.88 Å². The molecular weight excluding hydrogens is 410 g/mol. The summed E-state index contributed by atoms with van der Waals surface area (Å²) < 4.78 is 23.2. The minimum Gasteiger partial charge on any atom is -0.497 e. The standard InChI is InChI=1S/C24H31N3O5/c1-16-14-27(15-17(2)32-16)23(28)20-13-25-21-5-4-18(29-3)12-19(21)22(20)26-8-6-24(7-9-26)30-10-11-31-24/h4-5,12-13,16-17H,6-11,14-15H2,1-3H3/t16-,17+. The molecule has 1 spiro atoms. The number of ether oxygens (including phenoxy) is 4. The SMILES string of the molecule is COc1ccc2ncc(C(=O)N3C[C@@H](C)O[C@@H](C)C3)c(N3CCC4(CC3)OCCO4)c2c1. The molecule has 0 aliphatic carbocycles. The predicted octanol–water partition coefficient (Wildman–Crippen LogP) is 2.84. The topological polar surface area (TPSA) is 73.4 Å². The number of hydrogen-bond donors (Lipinski definition) is 0. The summed E-state index contributed by atoms with van der Waals surface area (Å²) in [6, 6.07) is 5.82. The van der Waals surface area contributed by atoms with Crippen molar-refractivity contribution in [1.82, 2.24) is 9.88 Å². The van der Waals surface area contributed by atoms with Crippen LogP contribution in [0.25, 0.3) is 10.9 Å². The molecule has 2 aromatic rings. The number of piperidine rings is 1. The van der Waals surface area contributed by atoms with Crippen molar-refractivity contribution in [3.8, 4) is 5.75 Å². The van der Waals surface area contributed by atoms with Gasteiger partial charge in [0.25, 0.3) is 5.91 Å². The molecule has 3 saturated heterocycles. The number of aromatic nitrogens is 1. The fourth-order valence-electron chi connectivity index (χ4n) is 5.15. The molecule has 1 aromatic carbocycles. The molecule has 1 amide bonds. The Morgan fingerprint density at radius 3 is 2.47 bits per heavy atom. The summed E-state index contributed by atoms with van der Waals surface area (Å²) in [5.41, 5.74) is 2.38. The highest BCUT2D eigenvalue weighted by molar-refractivity contribution is 6.07. The Balaban J connectivity index is 1.54. The van der Waals surface area contributed by atoms with Crippen molar-refractivity contribution in [3.63, 3.8) is 0 Å². The van der Waals surface area contributed by atoms with Gasteiger partial charge in [-0.15, -0.1) is 0 Å². The van der Waals surface area contributed by atoms with Crippen LogP contribution in [0.15, 0.2) is 24.4 Å². The van der Waals surface area contributed by atoms with Crippen LogP contribution in [0.3, 0.4) is 0 Å². The first kappa shape index (κ1) is 21.4. The van der Waals surface area contributed by atoms with Gasteiger partial charge < -0.3 is 28.7 Å². The van der Waals surface area contributed by atoms with Gasteiger partial charge in [0, 0.05) is 50.6 Å². The average molecular weight is 442 g/mol. The fraction of sp³-hybridized carbons (Fsp3) is 0.583. The van der Waals surface area contributed by atoms with Crippen molar-refractivity contribution in [2.45, 2.75) is 44.7 Å². The van der Waals surface area contributed by atoms with Gasteiger partial charge in [-0.25, -0.2) is 0 Å². The molecule has 5 rings (SSSR count). The number of nitrogens with zero attached hydrogens (tertiary/aromatic N) is 3. The normalized spacial score (nSPS) is 25.5. The van der Waals surface area contributed by atoms with E-state index in [1.165, 1.54) is 0 Å². The lowest BCUT2D eigenvalue weighted by atomic mass is 9.99. The van der Waals surface area contributed by atoms with E-state index < -0.39 is 5.79 Å². The molecule has 0 saturated carbocycles. The van der Waals surface area contributed by atoms with Crippen LogP contribution in [0.2, 0.25) is 0 Å². The molecule has 172 valence electrons. The van der Waals surface area contributed by atoms with Crippen molar-refractivity contribution in [3.05, 3.63) is 30.0 Å². The van der Waals surface area contributed by atoms with Crippen molar-refractivity contribution in [2.24, 2.45) is 0 Å². The summed E-state index contributed by atoms with van der Waals surface area (Å²) in [4.78, 5) is 22.5. The van der Waals surface area contributed by atoms with Crippen LogP contribution < -0.4 is 9.64 Å². The highest BCUT2D eigenvalue weighted by atomic mass is 16.7. The third-order valence-electron chi connectivity index (χ3n) is 6.64. The van der Waals surface area contributed by atoms with E-state index in [0.29, 0.717) is 31.9 Å². The second kappa shape index (κ2) is 8.50. The summed E-state index contributed by atoms with van der Waals surface area (Å²) in [5, 5.41) is 0.925. The average Bonchev–Trinajstić information content (AvgIpc) is 3.25. The highest BCUT2D eigenvalue weighted by Crippen LogP contribution is 2.38. The van der Waals surface area contributed by atoms with E-state index >= 15 is 0 Å². The molecule has 1 aromatic heterocycles. The highest BCUT2D eigenvalue weighted by Gasteiger charge is 2.41. The number of rotatable bonds is 3. The molecule has 3 fully saturated rings. The molecule has 8 nitrogen and oxygen atoms in total. The number of carbonyl (C=O) groups is 1. The van der Waals surface area contributed by atoms with Gasteiger partial charge in [-0.1, -0.05) is 0 Å².